The number of hydrogen-bond donors (Lipinski definition) is 0. The van der Waals surface area contributed by atoms with Crippen LogP contribution in [0.4, 0.5) is 0 Å². The second-order valence-electron chi connectivity index (χ2n) is 7.00. The molecule has 146 valence electrons. The summed E-state index contributed by atoms with van der Waals surface area (Å²) in [6, 6.07) is 5.25. The molecule has 2 atom stereocenters. The third kappa shape index (κ3) is 4.80. The molecule has 2 aromatic heterocycles. The number of nitrogens with zero attached hydrogens (tertiary/aromatic N) is 2. The molecule has 2 aromatic rings. The van der Waals surface area contributed by atoms with Crippen LogP contribution in [0.15, 0.2) is 39.6 Å². The van der Waals surface area contributed by atoms with Crippen LogP contribution in [0.2, 0.25) is 0 Å². The molecular weight excluding hydrogens is 348 g/mol. The molecule has 1 saturated heterocycles. The molecule has 0 N–H and O–H groups in total. The number of carbonyl (C=O) groups excluding carboxylic acids is 2. The van der Waals surface area contributed by atoms with Crippen molar-refractivity contribution in [3.05, 3.63) is 47.8 Å². The van der Waals surface area contributed by atoms with Crippen LogP contribution in [0.1, 0.15) is 42.1 Å². The highest BCUT2D eigenvalue weighted by Crippen LogP contribution is 2.17. The van der Waals surface area contributed by atoms with Crippen LogP contribution in [0, 0.1) is 6.92 Å². The highest BCUT2D eigenvalue weighted by molar-refractivity contribution is 5.95. The van der Waals surface area contributed by atoms with Gasteiger partial charge in [-0.05, 0) is 39.0 Å². The molecule has 0 unspecified atom stereocenters. The summed E-state index contributed by atoms with van der Waals surface area (Å²) >= 11 is 0. The Hall–Kier alpha value is -2.54. The maximum Gasteiger partial charge on any atom is 0.257 e. The van der Waals surface area contributed by atoms with E-state index in [2.05, 4.69) is 0 Å². The fourth-order valence-corrected chi connectivity index (χ4v) is 3.39. The van der Waals surface area contributed by atoms with Crippen LogP contribution in [0.25, 0.3) is 0 Å². The quantitative estimate of drug-likeness (QED) is 0.777. The number of amides is 2. The molecule has 3 heterocycles. The summed E-state index contributed by atoms with van der Waals surface area (Å²) in [5, 5.41) is 0. The van der Waals surface area contributed by atoms with Gasteiger partial charge in [0.25, 0.3) is 5.91 Å². The standard InChI is InChI=1S/C20H26N2O5/c1-14-11-22(12-15(2)27-14)19(23)6-8-21(13-17-5-4-9-26-17)20(24)18-7-10-25-16(18)3/h4-5,7,9-10,14-15H,6,8,11-13H2,1-3H3/t14-,15-/m0/s1. The summed E-state index contributed by atoms with van der Waals surface area (Å²) in [5.74, 6) is 1.09. The predicted molar refractivity (Wildman–Crippen MR) is 98.1 cm³/mol. The van der Waals surface area contributed by atoms with E-state index in [1.54, 1.807) is 30.2 Å². The Balaban J connectivity index is 1.67. The Morgan fingerprint density at radius 2 is 1.89 bits per heavy atom. The minimum Gasteiger partial charge on any atom is -0.469 e. The van der Waals surface area contributed by atoms with Gasteiger partial charge in [0.1, 0.15) is 11.5 Å². The number of hydrogen-bond acceptors (Lipinski definition) is 5. The van der Waals surface area contributed by atoms with E-state index in [0.717, 1.165) is 0 Å². The van der Waals surface area contributed by atoms with Crippen LogP contribution in [-0.4, -0.2) is 53.5 Å². The molecule has 0 saturated carbocycles. The summed E-state index contributed by atoms with van der Waals surface area (Å²) in [4.78, 5) is 29.0. The molecule has 1 aliphatic rings. The van der Waals surface area contributed by atoms with Gasteiger partial charge in [-0.25, -0.2) is 0 Å². The normalized spacial score (nSPS) is 19.9. The zero-order valence-corrected chi connectivity index (χ0v) is 16.0. The Labute approximate surface area is 158 Å². The van der Waals surface area contributed by atoms with Gasteiger partial charge in [0, 0.05) is 26.1 Å². The minimum absolute atomic E-state index is 0.0205. The first kappa shape index (κ1) is 19.2. The van der Waals surface area contributed by atoms with Gasteiger partial charge >= 0.3 is 0 Å². The van der Waals surface area contributed by atoms with Crippen LogP contribution in [-0.2, 0) is 16.1 Å². The van der Waals surface area contributed by atoms with Crippen molar-refractivity contribution < 1.29 is 23.2 Å². The molecular formula is C20H26N2O5. The van der Waals surface area contributed by atoms with Crippen LogP contribution < -0.4 is 0 Å². The van der Waals surface area contributed by atoms with Crippen LogP contribution in [0.5, 0.6) is 0 Å². The van der Waals surface area contributed by atoms with Gasteiger partial charge in [-0.1, -0.05) is 0 Å². The summed E-state index contributed by atoms with van der Waals surface area (Å²) in [5.41, 5.74) is 0.502. The smallest absolute Gasteiger partial charge is 0.257 e. The summed E-state index contributed by atoms with van der Waals surface area (Å²) in [7, 11) is 0. The maximum atomic E-state index is 12.9. The third-order valence-corrected chi connectivity index (χ3v) is 4.67. The molecule has 1 fully saturated rings. The van der Waals surface area contributed by atoms with E-state index >= 15 is 0 Å². The van der Waals surface area contributed by atoms with E-state index in [1.807, 2.05) is 24.8 Å². The topological polar surface area (TPSA) is 76.1 Å². The predicted octanol–water partition coefficient (Wildman–Crippen LogP) is 2.85. The molecule has 0 aliphatic carbocycles. The molecule has 0 spiro atoms. The average molecular weight is 374 g/mol. The average Bonchev–Trinajstić information content (AvgIpc) is 3.28. The Bertz CT molecular complexity index is 757. The van der Waals surface area contributed by atoms with Gasteiger partial charge in [0.15, 0.2) is 0 Å². The van der Waals surface area contributed by atoms with Crippen LogP contribution >= 0.6 is 0 Å². The molecule has 0 bridgehead atoms. The van der Waals surface area contributed by atoms with E-state index in [1.165, 1.54) is 6.26 Å². The molecule has 7 nitrogen and oxygen atoms in total. The van der Waals surface area contributed by atoms with Crippen molar-refractivity contribution in [2.45, 2.75) is 45.9 Å². The minimum atomic E-state index is -0.172. The van der Waals surface area contributed by atoms with Crippen molar-refractivity contribution in [2.75, 3.05) is 19.6 Å². The monoisotopic (exact) mass is 374 g/mol. The second-order valence-corrected chi connectivity index (χ2v) is 7.00. The van der Waals surface area contributed by atoms with E-state index in [-0.39, 0.29) is 30.4 Å². The lowest BCUT2D eigenvalue weighted by molar-refractivity contribution is -0.143. The number of furan rings is 2. The van der Waals surface area contributed by atoms with Gasteiger partial charge in [0.2, 0.25) is 5.91 Å². The van der Waals surface area contributed by atoms with Crippen LogP contribution in [0.3, 0.4) is 0 Å². The number of ether oxygens (including phenoxy) is 1. The summed E-state index contributed by atoms with van der Waals surface area (Å²) in [6.07, 6.45) is 3.36. The third-order valence-electron chi connectivity index (χ3n) is 4.67. The van der Waals surface area contributed by atoms with E-state index in [9.17, 15) is 9.59 Å². The van der Waals surface area contributed by atoms with Crippen molar-refractivity contribution in [2.24, 2.45) is 0 Å². The zero-order chi connectivity index (χ0) is 19.4. The lowest BCUT2D eigenvalue weighted by Crippen LogP contribution is -2.49. The van der Waals surface area contributed by atoms with E-state index in [0.29, 0.717) is 43.3 Å². The molecule has 2 amide bonds. The van der Waals surface area contributed by atoms with Gasteiger partial charge in [-0.2, -0.15) is 0 Å². The SMILES string of the molecule is Cc1occc1C(=O)N(CCC(=O)N1C[C@H](C)O[C@@H](C)C1)Cc1ccco1. The molecule has 0 aromatic carbocycles. The first-order chi connectivity index (χ1) is 12.9. The molecule has 3 rings (SSSR count). The van der Waals surface area contributed by atoms with Gasteiger partial charge in [0.05, 0.1) is 36.8 Å². The van der Waals surface area contributed by atoms with Crippen molar-refractivity contribution >= 4 is 11.8 Å². The lowest BCUT2D eigenvalue weighted by Gasteiger charge is -2.35. The number of morpholine rings is 1. The summed E-state index contributed by atoms with van der Waals surface area (Å²) in [6.45, 7) is 7.45. The molecule has 0 radical (unpaired) electrons. The number of rotatable bonds is 6. The Morgan fingerprint density at radius 3 is 2.48 bits per heavy atom. The zero-order valence-electron chi connectivity index (χ0n) is 16.0. The molecule has 27 heavy (non-hydrogen) atoms. The first-order valence-corrected chi connectivity index (χ1v) is 9.23. The number of carbonyl (C=O) groups is 2. The Morgan fingerprint density at radius 1 is 1.15 bits per heavy atom. The lowest BCUT2D eigenvalue weighted by atomic mass is 10.2. The highest BCUT2D eigenvalue weighted by Gasteiger charge is 2.27. The largest absolute Gasteiger partial charge is 0.469 e. The summed E-state index contributed by atoms with van der Waals surface area (Å²) < 4.78 is 16.3. The van der Waals surface area contributed by atoms with E-state index in [4.69, 9.17) is 13.6 Å². The van der Waals surface area contributed by atoms with Gasteiger partial charge in [-0.15, -0.1) is 0 Å². The fourth-order valence-electron chi connectivity index (χ4n) is 3.39. The van der Waals surface area contributed by atoms with E-state index < -0.39 is 0 Å². The van der Waals surface area contributed by atoms with Gasteiger partial charge in [-0.3, -0.25) is 9.59 Å². The highest BCUT2D eigenvalue weighted by atomic mass is 16.5. The second kappa shape index (κ2) is 8.43. The first-order valence-electron chi connectivity index (χ1n) is 9.23. The van der Waals surface area contributed by atoms with Crippen molar-refractivity contribution in [1.29, 1.82) is 0 Å². The maximum absolute atomic E-state index is 12.9. The molecule has 7 heteroatoms. The Kier molecular flexibility index (Phi) is 6.01. The van der Waals surface area contributed by atoms with Crippen molar-refractivity contribution in [3.63, 3.8) is 0 Å². The molecule has 1 aliphatic heterocycles. The number of aryl methyl sites for hydroxylation is 1. The fraction of sp³-hybridized carbons (Fsp3) is 0.500. The van der Waals surface area contributed by atoms with Crippen molar-refractivity contribution in [3.8, 4) is 0 Å². The van der Waals surface area contributed by atoms with Crippen molar-refractivity contribution in [1.82, 2.24) is 9.80 Å². The van der Waals surface area contributed by atoms with Gasteiger partial charge < -0.3 is 23.4 Å².